The topological polar surface area (TPSA) is 67.6 Å². The zero-order valence-electron chi connectivity index (χ0n) is 14.1. The third-order valence-corrected chi connectivity index (χ3v) is 3.67. The molecule has 1 atom stereocenters. The number of carbonyl (C=O) groups excluding carboxylic acids is 1. The number of ether oxygens (including phenoxy) is 1. The Bertz CT molecular complexity index is 738. The third-order valence-electron chi connectivity index (χ3n) is 3.67. The van der Waals surface area contributed by atoms with E-state index in [9.17, 15) is 9.18 Å². The maximum absolute atomic E-state index is 13.3. The van der Waals surface area contributed by atoms with Gasteiger partial charge in [-0.2, -0.15) is 0 Å². The van der Waals surface area contributed by atoms with Gasteiger partial charge >= 0.3 is 6.09 Å². The minimum atomic E-state index is -0.791. The summed E-state index contributed by atoms with van der Waals surface area (Å²) >= 11 is 0. The molecule has 0 saturated carbocycles. The first-order valence-corrected chi connectivity index (χ1v) is 8.05. The van der Waals surface area contributed by atoms with Gasteiger partial charge in [0.05, 0.1) is 13.1 Å². The first-order valence-electron chi connectivity index (χ1n) is 8.05. The highest BCUT2D eigenvalue weighted by Gasteiger charge is 2.23. The molecule has 2 aromatic heterocycles. The van der Waals surface area contributed by atoms with Crippen molar-refractivity contribution >= 4 is 23.0 Å². The number of alkyl carbamates (subject to hydrolysis) is 1. The van der Waals surface area contributed by atoms with Crippen LogP contribution in [0.3, 0.4) is 0 Å². The van der Waals surface area contributed by atoms with Crippen LogP contribution in [-0.2, 0) is 11.3 Å². The normalized spacial score (nSPS) is 18.2. The van der Waals surface area contributed by atoms with E-state index in [2.05, 4.69) is 10.3 Å². The average Bonchev–Trinajstić information content (AvgIpc) is 3.08. The molecule has 3 rings (SSSR count). The quantitative estimate of drug-likeness (QED) is 0.931. The monoisotopic (exact) mass is 335 g/mol. The molecule has 7 heteroatoms. The van der Waals surface area contributed by atoms with E-state index in [1.165, 1.54) is 0 Å². The molecule has 0 spiro atoms. The number of nitrogens with one attached hydrogen (secondary N) is 1. The lowest BCUT2D eigenvalue weighted by Crippen LogP contribution is -2.32. The number of alkyl halides is 1. The Balaban J connectivity index is 1.66. The summed E-state index contributed by atoms with van der Waals surface area (Å²) in [5.41, 5.74) is 0.782. The number of rotatable bonds is 3. The highest BCUT2D eigenvalue weighted by molar-refractivity contribution is 5.76. The fourth-order valence-corrected chi connectivity index (χ4v) is 2.63. The van der Waals surface area contributed by atoms with Crippen LogP contribution in [0.2, 0.25) is 0 Å². The number of nitrogens with zero attached hydrogens (tertiary/aromatic N) is 2. The Morgan fingerprint density at radius 3 is 2.96 bits per heavy atom. The van der Waals surface area contributed by atoms with Gasteiger partial charge in [0.15, 0.2) is 5.58 Å². The van der Waals surface area contributed by atoms with E-state index in [1.54, 1.807) is 26.8 Å². The highest BCUT2D eigenvalue weighted by Crippen LogP contribution is 2.24. The number of furan rings is 1. The summed E-state index contributed by atoms with van der Waals surface area (Å²) in [6, 6.07) is 5.42. The second kappa shape index (κ2) is 6.30. The van der Waals surface area contributed by atoms with Crippen molar-refractivity contribution in [3.05, 3.63) is 24.0 Å². The van der Waals surface area contributed by atoms with Crippen LogP contribution in [0.4, 0.5) is 15.0 Å². The number of amides is 1. The number of halogens is 1. The van der Waals surface area contributed by atoms with Crippen molar-refractivity contribution in [3.8, 4) is 0 Å². The number of fused-ring (bicyclic) bond motifs is 1. The molecule has 1 fully saturated rings. The second-order valence-corrected chi connectivity index (χ2v) is 6.95. The Kier molecular flexibility index (Phi) is 4.34. The number of hydrogen-bond acceptors (Lipinski definition) is 5. The van der Waals surface area contributed by atoms with Crippen LogP contribution in [0.5, 0.6) is 0 Å². The lowest BCUT2D eigenvalue weighted by Gasteiger charge is -2.19. The van der Waals surface area contributed by atoms with Crippen LogP contribution < -0.4 is 10.2 Å². The molecule has 1 N–H and O–H groups in total. The first kappa shape index (κ1) is 16.5. The molecule has 130 valence electrons. The molecule has 3 heterocycles. The summed E-state index contributed by atoms with van der Waals surface area (Å²) in [5.74, 6) is 1.33. The van der Waals surface area contributed by atoms with E-state index in [0.29, 0.717) is 36.4 Å². The molecule has 24 heavy (non-hydrogen) atoms. The van der Waals surface area contributed by atoms with Crippen LogP contribution in [0.25, 0.3) is 11.1 Å². The van der Waals surface area contributed by atoms with Gasteiger partial charge in [-0.05, 0) is 39.3 Å². The molecule has 0 aliphatic carbocycles. The van der Waals surface area contributed by atoms with Crippen molar-refractivity contribution < 1.29 is 18.3 Å². The summed E-state index contributed by atoms with van der Waals surface area (Å²) in [6.45, 7) is 6.68. The average molecular weight is 335 g/mol. The number of anilines is 1. The fourth-order valence-electron chi connectivity index (χ4n) is 2.63. The third kappa shape index (κ3) is 3.96. The van der Waals surface area contributed by atoms with Crippen LogP contribution in [0, 0.1) is 0 Å². The summed E-state index contributed by atoms with van der Waals surface area (Å²) in [5, 5.41) is 2.65. The predicted molar refractivity (Wildman–Crippen MR) is 88.8 cm³/mol. The van der Waals surface area contributed by atoms with Crippen molar-refractivity contribution in [1.82, 2.24) is 10.3 Å². The number of pyridine rings is 1. The van der Waals surface area contributed by atoms with Gasteiger partial charge in [-0.1, -0.05) is 0 Å². The van der Waals surface area contributed by atoms with Gasteiger partial charge in [-0.3, -0.25) is 0 Å². The van der Waals surface area contributed by atoms with Crippen molar-refractivity contribution in [2.45, 2.75) is 45.5 Å². The van der Waals surface area contributed by atoms with E-state index in [1.807, 2.05) is 17.0 Å². The molecular formula is C17H22FN3O3. The van der Waals surface area contributed by atoms with Crippen molar-refractivity contribution in [2.75, 3.05) is 18.0 Å². The van der Waals surface area contributed by atoms with Gasteiger partial charge in [0, 0.05) is 12.6 Å². The van der Waals surface area contributed by atoms with Crippen molar-refractivity contribution in [1.29, 1.82) is 0 Å². The number of carbonyl (C=O) groups is 1. The smallest absolute Gasteiger partial charge is 0.408 e. The summed E-state index contributed by atoms with van der Waals surface area (Å²) in [4.78, 5) is 18.1. The molecular weight excluding hydrogens is 313 g/mol. The van der Waals surface area contributed by atoms with E-state index in [-0.39, 0.29) is 6.54 Å². The van der Waals surface area contributed by atoms with E-state index in [4.69, 9.17) is 9.15 Å². The van der Waals surface area contributed by atoms with Gasteiger partial charge in [-0.15, -0.1) is 0 Å². The van der Waals surface area contributed by atoms with Crippen LogP contribution >= 0.6 is 0 Å². The maximum atomic E-state index is 13.3. The molecule has 1 amide bonds. The molecule has 1 aliphatic rings. The largest absolute Gasteiger partial charge is 0.457 e. The molecule has 1 aliphatic heterocycles. The molecule has 0 bridgehead atoms. The van der Waals surface area contributed by atoms with Crippen LogP contribution in [0.15, 0.2) is 22.6 Å². The van der Waals surface area contributed by atoms with Crippen LogP contribution in [-0.4, -0.2) is 35.9 Å². The van der Waals surface area contributed by atoms with E-state index in [0.717, 1.165) is 5.82 Å². The van der Waals surface area contributed by atoms with E-state index < -0.39 is 17.9 Å². The summed E-state index contributed by atoms with van der Waals surface area (Å²) < 4.78 is 24.2. The molecule has 2 aromatic rings. The number of aromatic nitrogens is 1. The Hall–Kier alpha value is -2.31. The second-order valence-electron chi connectivity index (χ2n) is 6.95. The molecule has 0 radical (unpaired) electrons. The lowest BCUT2D eigenvalue weighted by molar-refractivity contribution is 0.0520. The SMILES string of the molecule is CC(C)(C)OC(=O)NCc1cc2nc(N3CC[C@H](F)C3)ccc2o1. The minimum absolute atomic E-state index is 0.219. The Morgan fingerprint density at radius 2 is 2.29 bits per heavy atom. The molecule has 6 nitrogen and oxygen atoms in total. The van der Waals surface area contributed by atoms with Gasteiger partial charge < -0.3 is 19.4 Å². The Labute approximate surface area is 140 Å². The van der Waals surface area contributed by atoms with Crippen LogP contribution in [0.1, 0.15) is 33.0 Å². The van der Waals surface area contributed by atoms with Crippen molar-refractivity contribution in [2.24, 2.45) is 0 Å². The first-order chi connectivity index (χ1) is 11.3. The van der Waals surface area contributed by atoms with Gasteiger partial charge in [0.25, 0.3) is 0 Å². The molecule has 0 unspecified atom stereocenters. The predicted octanol–water partition coefficient (Wildman–Crippen LogP) is 3.40. The molecule has 0 aromatic carbocycles. The summed E-state index contributed by atoms with van der Waals surface area (Å²) in [6.07, 6.45) is -0.751. The number of hydrogen-bond donors (Lipinski definition) is 1. The van der Waals surface area contributed by atoms with Gasteiger partial charge in [0.2, 0.25) is 0 Å². The summed E-state index contributed by atoms with van der Waals surface area (Å²) in [7, 11) is 0. The van der Waals surface area contributed by atoms with E-state index >= 15 is 0 Å². The van der Waals surface area contributed by atoms with Gasteiger partial charge in [0.1, 0.15) is 28.9 Å². The minimum Gasteiger partial charge on any atom is -0.457 e. The lowest BCUT2D eigenvalue weighted by atomic mass is 10.2. The van der Waals surface area contributed by atoms with Crippen molar-refractivity contribution in [3.63, 3.8) is 0 Å². The maximum Gasteiger partial charge on any atom is 0.408 e. The highest BCUT2D eigenvalue weighted by atomic mass is 19.1. The standard InChI is InChI=1S/C17H22FN3O3/c1-17(2,3)24-16(22)19-9-12-8-13-14(23-12)4-5-15(20-13)21-7-6-11(18)10-21/h4-5,8,11H,6-7,9-10H2,1-3H3,(H,19,22)/t11-/m0/s1. The zero-order chi connectivity index (χ0) is 17.3. The zero-order valence-corrected chi connectivity index (χ0v) is 14.1. The molecule has 1 saturated heterocycles. The van der Waals surface area contributed by atoms with Gasteiger partial charge in [-0.25, -0.2) is 14.2 Å². The fraction of sp³-hybridized carbons (Fsp3) is 0.529. The Morgan fingerprint density at radius 1 is 1.50 bits per heavy atom.